The molecule has 0 amide bonds. The van der Waals surface area contributed by atoms with E-state index in [2.05, 4.69) is 31.2 Å². The minimum absolute atomic E-state index is 0.582. The lowest BCUT2D eigenvalue weighted by molar-refractivity contribution is 1.10. The van der Waals surface area contributed by atoms with Crippen LogP contribution in [0.25, 0.3) is 5.65 Å². The van der Waals surface area contributed by atoms with Crippen LogP contribution in [0.2, 0.25) is 10.0 Å². The number of rotatable bonds is 2. The Morgan fingerprint density at radius 1 is 1.25 bits per heavy atom. The van der Waals surface area contributed by atoms with E-state index in [4.69, 9.17) is 23.2 Å². The van der Waals surface area contributed by atoms with Crippen LogP contribution < -0.4 is 5.32 Å². The van der Waals surface area contributed by atoms with Crippen LogP contribution in [-0.2, 0) is 0 Å². The van der Waals surface area contributed by atoms with Crippen molar-refractivity contribution < 1.29 is 0 Å². The second-order valence-corrected chi connectivity index (χ2v) is 5.90. The van der Waals surface area contributed by atoms with Crippen molar-refractivity contribution >= 4 is 56.3 Å². The third-order valence-corrected chi connectivity index (χ3v) is 3.95. The Morgan fingerprint density at radius 3 is 2.85 bits per heavy atom. The van der Waals surface area contributed by atoms with E-state index in [1.54, 1.807) is 12.3 Å². The SMILES string of the molecule is Cc1cc(Cl)c(Nc2nc(Br)cn3ccnc23)cc1Cl. The number of imidazole rings is 1. The minimum atomic E-state index is 0.582. The van der Waals surface area contributed by atoms with Gasteiger partial charge in [0.1, 0.15) is 4.60 Å². The van der Waals surface area contributed by atoms with Gasteiger partial charge in [0.25, 0.3) is 0 Å². The van der Waals surface area contributed by atoms with E-state index in [1.807, 2.05) is 29.8 Å². The zero-order valence-corrected chi connectivity index (χ0v) is 13.5. The van der Waals surface area contributed by atoms with Gasteiger partial charge >= 0.3 is 0 Å². The molecule has 0 atom stereocenters. The van der Waals surface area contributed by atoms with Crippen LogP contribution >= 0.6 is 39.1 Å². The maximum Gasteiger partial charge on any atom is 0.180 e. The van der Waals surface area contributed by atoms with Crippen molar-refractivity contribution in [3.63, 3.8) is 0 Å². The number of nitrogens with one attached hydrogen (secondary N) is 1. The molecule has 0 radical (unpaired) electrons. The van der Waals surface area contributed by atoms with Gasteiger partial charge in [-0.3, -0.25) is 0 Å². The first-order valence-electron chi connectivity index (χ1n) is 5.76. The number of aromatic nitrogens is 3. The molecule has 0 unspecified atom stereocenters. The third-order valence-electron chi connectivity index (χ3n) is 2.85. The minimum Gasteiger partial charge on any atom is -0.336 e. The summed E-state index contributed by atoms with van der Waals surface area (Å²) in [6.45, 7) is 1.90. The molecule has 20 heavy (non-hydrogen) atoms. The number of benzene rings is 1. The van der Waals surface area contributed by atoms with Crippen molar-refractivity contribution in [1.82, 2.24) is 14.4 Å². The highest BCUT2D eigenvalue weighted by Gasteiger charge is 2.10. The molecule has 0 aliphatic rings. The highest BCUT2D eigenvalue weighted by molar-refractivity contribution is 9.10. The van der Waals surface area contributed by atoms with Crippen molar-refractivity contribution in [2.75, 3.05) is 5.32 Å². The van der Waals surface area contributed by atoms with Crippen LogP contribution in [0.5, 0.6) is 0 Å². The summed E-state index contributed by atoms with van der Waals surface area (Å²) in [7, 11) is 0. The molecule has 1 aromatic carbocycles. The molecule has 0 aliphatic heterocycles. The Kier molecular flexibility index (Phi) is 3.58. The molecule has 3 rings (SSSR count). The summed E-state index contributed by atoms with van der Waals surface area (Å²) < 4.78 is 2.56. The highest BCUT2D eigenvalue weighted by atomic mass is 79.9. The van der Waals surface area contributed by atoms with Crippen LogP contribution in [0.3, 0.4) is 0 Å². The Balaban J connectivity index is 2.09. The van der Waals surface area contributed by atoms with E-state index in [0.29, 0.717) is 31.8 Å². The molecule has 102 valence electrons. The van der Waals surface area contributed by atoms with Gasteiger partial charge in [-0.05, 0) is 40.5 Å². The molecular weight excluding hydrogens is 363 g/mol. The van der Waals surface area contributed by atoms with Crippen LogP contribution in [0.15, 0.2) is 35.3 Å². The number of hydrogen-bond acceptors (Lipinski definition) is 3. The zero-order valence-electron chi connectivity index (χ0n) is 10.4. The maximum atomic E-state index is 6.23. The lowest BCUT2D eigenvalue weighted by Gasteiger charge is -2.11. The molecule has 4 nitrogen and oxygen atoms in total. The number of nitrogens with zero attached hydrogens (tertiary/aromatic N) is 3. The quantitative estimate of drug-likeness (QED) is 0.700. The van der Waals surface area contributed by atoms with Crippen molar-refractivity contribution in [2.24, 2.45) is 0 Å². The standard InChI is InChI=1S/C13H9BrCl2N4/c1-7-4-9(16)10(5-8(7)15)18-12-13-17-2-3-20(13)6-11(14)19-12/h2-6H,1H3,(H,18,19). The van der Waals surface area contributed by atoms with Gasteiger partial charge in [0, 0.05) is 23.6 Å². The van der Waals surface area contributed by atoms with Gasteiger partial charge in [-0.15, -0.1) is 0 Å². The van der Waals surface area contributed by atoms with Crippen LogP contribution in [0.1, 0.15) is 5.56 Å². The second-order valence-electron chi connectivity index (χ2n) is 4.28. The largest absolute Gasteiger partial charge is 0.336 e. The summed E-state index contributed by atoms with van der Waals surface area (Å²) in [6, 6.07) is 3.59. The Hall–Kier alpha value is -1.30. The summed E-state index contributed by atoms with van der Waals surface area (Å²) in [5.74, 6) is 0.603. The molecule has 0 spiro atoms. The van der Waals surface area contributed by atoms with E-state index in [1.165, 1.54) is 0 Å². The van der Waals surface area contributed by atoms with E-state index < -0.39 is 0 Å². The molecule has 3 aromatic rings. The highest BCUT2D eigenvalue weighted by Crippen LogP contribution is 2.31. The Labute approximate surface area is 133 Å². The lowest BCUT2D eigenvalue weighted by Crippen LogP contribution is -1.99. The fraction of sp³-hybridized carbons (Fsp3) is 0.0769. The van der Waals surface area contributed by atoms with E-state index in [-0.39, 0.29) is 0 Å². The summed E-state index contributed by atoms with van der Waals surface area (Å²) in [5.41, 5.74) is 2.33. The summed E-state index contributed by atoms with van der Waals surface area (Å²) in [5, 5.41) is 4.40. The average molecular weight is 372 g/mol. The fourth-order valence-electron chi connectivity index (χ4n) is 1.85. The maximum absolute atomic E-state index is 6.23. The van der Waals surface area contributed by atoms with Gasteiger partial charge in [-0.1, -0.05) is 23.2 Å². The molecule has 0 fully saturated rings. The van der Waals surface area contributed by atoms with Crippen molar-refractivity contribution in [3.8, 4) is 0 Å². The van der Waals surface area contributed by atoms with Crippen molar-refractivity contribution in [3.05, 3.63) is 50.9 Å². The predicted octanol–water partition coefficient (Wildman–Crippen LogP) is 4.85. The van der Waals surface area contributed by atoms with Gasteiger partial charge in [-0.25, -0.2) is 9.97 Å². The van der Waals surface area contributed by atoms with Crippen LogP contribution in [0, 0.1) is 6.92 Å². The molecule has 0 saturated heterocycles. The number of anilines is 2. The summed E-state index contributed by atoms with van der Waals surface area (Å²) in [4.78, 5) is 8.65. The topological polar surface area (TPSA) is 42.2 Å². The molecule has 0 bridgehead atoms. The lowest BCUT2D eigenvalue weighted by atomic mass is 10.2. The molecular formula is C13H9BrCl2N4. The van der Waals surface area contributed by atoms with Gasteiger partial charge in [0.05, 0.1) is 10.7 Å². The monoisotopic (exact) mass is 370 g/mol. The Morgan fingerprint density at radius 2 is 2.05 bits per heavy atom. The molecule has 1 N–H and O–H groups in total. The normalized spacial score (nSPS) is 11.0. The first-order chi connectivity index (χ1) is 9.54. The second kappa shape index (κ2) is 5.24. The Bertz CT molecular complexity index is 800. The van der Waals surface area contributed by atoms with Crippen LogP contribution in [0.4, 0.5) is 11.5 Å². The molecule has 7 heteroatoms. The average Bonchev–Trinajstić information content (AvgIpc) is 2.84. The first kappa shape index (κ1) is 13.7. The summed E-state index contributed by atoms with van der Waals surface area (Å²) >= 11 is 15.7. The fourth-order valence-corrected chi connectivity index (χ4v) is 2.68. The summed E-state index contributed by atoms with van der Waals surface area (Å²) in [6.07, 6.45) is 5.38. The number of hydrogen-bond donors (Lipinski definition) is 1. The predicted molar refractivity (Wildman–Crippen MR) is 85.2 cm³/mol. The smallest absolute Gasteiger partial charge is 0.180 e. The molecule has 0 saturated carbocycles. The van der Waals surface area contributed by atoms with E-state index >= 15 is 0 Å². The number of aryl methyl sites for hydroxylation is 1. The van der Waals surface area contributed by atoms with E-state index in [0.717, 1.165) is 5.56 Å². The van der Waals surface area contributed by atoms with Gasteiger partial charge in [0.2, 0.25) is 0 Å². The zero-order chi connectivity index (χ0) is 14.3. The van der Waals surface area contributed by atoms with Gasteiger partial charge in [0.15, 0.2) is 11.5 Å². The molecule has 0 aliphatic carbocycles. The van der Waals surface area contributed by atoms with Gasteiger partial charge in [-0.2, -0.15) is 0 Å². The molecule has 2 heterocycles. The van der Waals surface area contributed by atoms with Crippen molar-refractivity contribution in [2.45, 2.75) is 6.92 Å². The molecule has 2 aromatic heterocycles. The van der Waals surface area contributed by atoms with Gasteiger partial charge < -0.3 is 9.72 Å². The number of fused-ring (bicyclic) bond motifs is 1. The number of halogens is 3. The van der Waals surface area contributed by atoms with Crippen LogP contribution in [-0.4, -0.2) is 14.4 Å². The van der Waals surface area contributed by atoms with E-state index in [9.17, 15) is 0 Å². The third kappa shape index (κ3) is 2.49. The van der Waals surface area contributed by atoms with Crippen molar-refractivity contribution in [1.29, 1.82) is 0 Å². The first-order valence-corrected chi connectivity index (χ1v) is 7.31.